The van der Waals surface area contributed by atoms with Crippen molar-refractivity contribution in [2.24, 2.45) is 5.92 Å². The number of nitrogens with one attached hydrogen (secondary N) is 2. The molecule has 3 heterocycles. The molecule has 0 saturated carbocycles. The fraction of sp³-hybridized carbons (Fsp3) is 0.393. The molecule has 0 radical (unpaired) electrons. The van der Waals surface area contributed by atoms with Gasteiger partial charge in [0, 0.05) is 36.0 Å². The standard InChI is InChI=1S/C28H32N4O3S/c1-35-27-10-8-21-5-2-6-23(28(21)31-27)22(17-33)16-32-11-3-4-20(15-32)14-29-13-19-7-9-25-24(12-19)30-26(34)18-36-25/h2,5-10,12,17,20,22,29H,3-4,11,13-16,18H2,1H3,(H,30,34). The number of ether oxygens (including phenoxy) is 1. The molecule has 5 rings (SSSR count). The maximum Gasteiger partial charge on any atom is 0.234 e. The number of carbonyl (C=O) groups is 2. The quantitative estimate of drug-likeness (QED) is 0.425. The van der Waals surface area contributed by atoms with Crippen LogP contribution in [0.1, 0.15) is 29.9 Å². The average molecular weight is 505 g/mol. The SMILES string of the molecule is COc1ccc2cccc(C(C=O)CN3CCCC(CNCc4ccc5c(c4)NC(=O)CS5)C3)c2n1. The van der Waals surface area contributed by atoms with Crippen LogP contribution >= 0.6 is 11.8 Å². The van der Waals surface area contributed by atoms with Gasteiger partial charge in [-0.1, -0.05) is 24.3 Å². The van der Waals surface area contributed by atoms with E-state index >= 15 is 0 Å². The molecule has 2 unspecified atom stereocenters. The van der Waals surface area contributed by atoms with Crippen molar-refractivity contribution in [2.45, 2.75) is 30.2 Å². The second-order valence-electron chi connectivity index (χ2n) is 9.58. The van der Waals surface area contributed by atoms with Gasteiger partial charge in [-0.2, -0.15) is 0 Å². The molecule has 1 fully saturated rings. The first-order valence-electron chi connectivity index (χ1n) is 12.5. The van der Waals surface area contributed by atoms with Crippen molar-refractivity contribution >= 4 is 40.5 Å². The maximum absolute atomic E-state index is 12.2. The highest BCUT2D eigenvalue weighted by Gasteiger charge is 2.24. The van der Waals surface area contributed by atoms with Crippen LogP contribution in [0.25, 0.3) is 10.9 Å². The van der Waals surface area contributed by atoms with E-state index in [9.17, 15) is 9.59 Å². The third kappa shape index (κ3) is 5.72. The summed E-state index contributed by atoms with van der Waals surface area (Å²) >= 11 is 1.59. The minimum Gasteiger partial charge on any atom is -0.481 e. The molecule has 8 heteroatoms. The lowest BCUT2D eigenvalue weighted by molar-refractivity contribution is -0.114. The summed E-state index contributed by atoms with van der Waals surface area (Å²) in [5.41, 5.74) is 3.88. The van der Waals surface area contributed by atoms with Crippen LogP contribution in [-0.2, 0) is 16.1 Å². The first-order valence-corrected chi connectivity index (χ1v) is 13.5. The summed E-state index contributed by atoms with van der Waals surface area (Å²) in [7, 11) is 1.61. The number of methoxy groups -OCH3 is 1. The largest absolute Gasteiger partial charge is 0.481 e. The summed E-state index contributed by atoms with van der Waals surface area (Å²) in [4.78, 5) is 32.1. The maximum atomic E-state index is 12.2. The summed E-state index contributed by atoms with van der Waals surface area (Å²) in [6, 6.07) is 16.2. The molecule has 3 aromatic rings. The molecule has 36 heavy (non-hydrogen) atoms. The monoisotopic (exact) mass is 504 g/mol. The number of anilines is 1. The zero-order valence-corrected chi connectivity index (χ0v) is 21.4. The van der Waals surface area contributed by atoms with Gasteiger partial charge in [-0.15, -0.1) is 11.8 Å². The van der Waals surface area contributed by atoms with Gasteiger partial charge in [0.2, 0.25) is 11.8 Å². The average Bonchev–Trinajstić information content (AvgIpc) is 2.91. The zero-order valence-electron chi connectivity index (χ0n) is 20.5. The normalized spacial score (nSPS) is 18.9. The predicted molar refractivity (Wildman–Crippen MR) is 144 cm³/mol. The van der Waals surface area contributed by atoms with E-state index in [-0.39, 0.29) is 11.8 Å². The Balaban J connectivity index is 1.18. The van der Waals surface area contributed by atoms with E-state index in [2.05, 4.69) is 38.7 Å². The van der Waals surface area contributed by atoms with Crippen LogP contribution in [0.15, 0.2) is 53.4 Å². The van der Waals surface area contributed by atoms with E-state index in [4.69, 9.17) is 4.74 Å². The van der Waals surface area contributed by atoms with Crippen molar-refractivity contribution in [1.82, 2.24) is 15.2 Å². The fourth-order valence-electron chi connectivity index (χ4n) is 5.20. The molecule has 0 aliphatic carbocycles. The molecule has 2 aliphatic rings. The van der Waals surface area contributed by atoms with Crippen LogP contribution in [0.4, 0.5) is 5.69 Å². The molecule has 7 nitrogen and oxygen atoms in total. The molecule has 1 aromatic heterocycles. The number of piperidine rings is 1. The van der Waals surface area contributed by atoms with Gasteiger partial charge >= 0.3 is 0 Å². The van der Waals surface area contributed by atoms with Gasteiger partial charge in [0.15, 0.2) is 0 Å². The fourth-order valence-corrected chi connectivity index (χ4v) is 5.99. The minimum atomic E-state index is -0.233. The lowest BCUT2D eigenvalue weighted by atomic mass is 9.93. The molecule has 2 aliphatic heterocycles. The Morgan fingerprint density at radius 2 is 2.19 bits per heavy atom. The molecular formula is C28H32N4O3S. The molecular weight excluding hydrogens is 472 g/mol. The highest BCUT2D eigenvalue weighted by molar-refractivity contribution is 8.00. The molecule has 188 valence electrons. The summed E-state index contributed by atoms with van der Waals surface area (Å²) in [6.45, 7) is 4.36. The lowest BCUT2D eigenvalue weighted by Crippen LogP contribution is -2.41. The Hall–Kier alpha value is -2.94. The number of amides is 1. The second-order valence-corrected chi connectivity index (χ2v) is 10.6. The zero-order chi connectivity index (χ0) is 24.9. The Bertz CT molecular complexity index is 1250. The van der Waals surface area contributed by atoms with Gasteiger partial charge in [-0.25, -0.2) is 4.98 Å². The third-order valence-corrected chi connectivity index (χ3v) is 8.07. The number of thioether (sulfide) groups is 1. The molecule has 1 saturated heterocycles. The van der Waals surface area contributed by atoms with E-state index in [1.165, 1.54) is 12.0 Å². The molecule has 1 amide bonds. The third-order valence-electron chi connectivity index (χ3n) is 7.00. The number of para-hydroxylation sites is 1. The van der Waals surface area contributed by atoms with Crippen LogP contribution in [0.3, 0.4) is 0 Å². The topological polar surface area (TPSA) is 83.6 Å². The number of hydrogen-bond acceptors (Lipinski definition) is 7. The van der Waals surface area contributed by atoms with Crippen molar-refractivity contribution in [3.05, 3.63) is 59.7 Å². The molecule has 2 aromatic carbocycles. The Morgan fingerprint density at radius 3 is 3.06 bits per heavy atom. The summed E-state index contributed by atoms with van der Waals surface area (Å²) in [6.07, 6.45) is 3.37. The molecule has 2 N–H and O–H groups in total. The Kier molecular flexibility index (Phi) is 7.84. The number of likely N-dealkylation sites (tertiary alicyclic amines) is 1. The molecule has 2 atom stereocenters. The number of nitrogens with zero attached hydrogens (tertiary/aromatic N) is 2. The minimum absolute atomic E-state index is 0.0620. The van der Waals surface area contributed by atoms with E-state index < -0.39 is 0 Å². The van der Waals surface area contributed by atoms with Gasteiger partial charge in [0.05, 0.1) is 30.0 Å². The Labute approximate surface area is 216 Å². The van der Waals surface area contributed by atoms with Crippen LogP contribution in [-0.4, -0.2) is 61.1 Å². The number of aldehydes is 1. The number of benzene rings is 2. The number of aromatic nitrogens is 1. The highest BCUT2D eigenvalue weighted by Crippen LogP contribution is 2.32. The summed E-state index contributed by atoms with van der Waals surface area (Å²) in [5.74, 6) is 1.41. The predicted octanol–water partition coefficient (Wildman–Crippen LogP) is 4.07. The van der Waals surface area contributed by atoms with Crippen LogP contribution < -0.4 is 15.4 Å². The van der Waals surface area contributed by atoms with E-state index in [1.807, 2.05) is 30.3 Å². The molecule has 0 spiro atoms. The first kappa shape index (κ1) is 24.7. The van der Waals surface area contributed by atoms with Crippen molar-refractivity contribution in [1.29, 1.82) is 0 Å². The van der Waals surface area contributed by atoms with Crippen molar-refractivity contribution in [3.63, 3.8) is 0 Å². The lowest BCUT2D eigenvalue weighted by Gasteiger charge is -2.34. The van der Waals surface area contributed by atoms with Crippen molar-refractivity contribution < 1.29 is 14.3 Å². The van der Waals surface area contributed by atoms with E-state index in [1.54, 1.807) is 18.9 Å². The van der Waals surface area contributed by atoms with Crippen molar-refractivity contribution in [2.75, 3.05) is 44.4 Å². The number of fused-ring (bicyclic) bond motifs is 2. The van der Waals surface area contributed by atoms with Gasteiger partial charge in [0.1, 0.15) is 6.29 Å². The summed E-state index contributed by atoms with van der Waals surface area (Å²) < 4.78 is 5.32. The number of carbonyl (C=O) groups excluding carboxylic acids is 2. The van der Waals surface area contributed by atoms with Gasteiger partial charge < -0.3 is 25.1 Å². The number of rotatable bonds is 9. The van der Waals surface area contributed by atoms with Gasteiger partial charge in [-0.3, -0.25) is 4.79 Å². The number of pyridine rings is 1. The van der Waals surface area contributed by atoms with Gasteiger partial charge in [-0.05, 0) is 61.2 Å². The number of hydrogen-bond donors (Lipinski definition) is 2. The first-order chi connectivity index (χ1) is 17.6. The highest BCUT2D eigenvalue weighted by atomic mass is 32.2. The summed E-state index contributed by atoms with van der Waals surface area (Å²) in [5, 5.41) is 7.59. The van der Waals surface area contributed by atoms with E-state index in [0.717, 1.165) is 65.9 Å². The van der Waals surface area contributed by atoms with Crippen molar-refractivity contribution in [3.8, 4) is 5.88 Å². The van der Waals surface area contributed by atoms with Crippen LogP contribution in [0.2, 0.25) is 0 Å². The van der Waals surface area contributed by atoms with Gasteiger partial charge in [0.25, 0.3) is 0 Å². The van der Waals surface area contributed by atoms with Crippen LogP contribution in [0, 0.1) is 5.92 Å². The molecule has 0 bridgehead atoms. The van der Waals surface area contributed by atoms with Crippen LogP contribution in [0.5, 0.6) is 5.88 Å². The smallest absolute Gasteiger partial charge is 0.234 e. The Morgan fingerprint density at radius 1 is 1.28 bits per heavy atom. The second kappa shape index (κ2) is 11.4. The van der Waals surface area contributed by atoms with E-state index in [0.29, 0.717) is 24.1 Å².